The van der Waals surface area contributed by atoms with E-state index in [4.69, 9.17) is 11.5 Å². The van der Waals surface area contributed by atoms with Gasteiger partial charge in [-0.3, -0.25) is 86.3 Å². The number of thioether (sulfide) groups is 1. The van der Waals surface area contributed by atoms with Gasteiger partial charge in [-0.1, -0.05) is 88.1 Å². The number of nitrogens with one attached hydrogen (secondary N) is 12. The van der Waals surface area contributed by atoms with Crippen LogP contribution in [0.15, 0.2) is 97.7 Å². The van der Waals surface area contributed by atoms with Gasteiger partial charge >= 0.3 is 11.9 Å². The monoisotopic (exact) mass is 1850 g/mol. The number of hydrogen-bond acceptors (Lipinski definition) is 22. The van der Waals surface area contributed by atoms with Gasteiger partial charge in [-0.15, -0.1) is 11.8 Å². The first kappa shape index (κ1) is 101. The van der Waals surface area contributed by atoms with Gasteiger partial charge in [-0.05, 0) is 119 Å². The van der Waals surface area contributed by atoms with E-state index in [1.54, 1.807) is 48.8 Å². The molecule has 14 atom stereocenters. The summed E-state index contributed by atoms with van der Waals surface area (Å²) in [5.74, 6) is -19.3. The number of Topliss-reactive ketones (excluding diaryl/α,β-unsaturated/α-hetero) is 1. The Labute approximate surface area is 765 Å². The Morgan fingerprint density at radius 2 is 1.04 bits per heavy atom. The molecule has 7 heterocycles. The van der Waals surface area contributed by atoms with Crippen molar-refractivity contribution in [2.75, 3.05) is 58.3 Å². The molecule has 15 amide bonds. The van der Waals surface area contributed by atoms with E-state index < -0.39 is 235 Å². The van der Waals surface area contributed by atoms with Gasteiger partial charge in [0.15, 0.2) is 5.78 Å². The molecule has 4 aliphatic heterocycles. The highest BCUT2D eigenvalue weighted by Gasteiger charge is 2.47. The molecule has 132 heavy (non-hydrogen) atoms. The van der Waals surface area contributed by atoms with E-state index in [1.165, 1.54) is 67.6 Å². The van der Waals surface area contributed by atoms with E-state index in [0.29, 0.717) is 64.2 Å². The Morgan fingerprint density at radius 3 is 1.58 bits per heavy atom. The van der Waals surface area contributed by atoms with Crippen LogP contribution in [-0.4, -0.2) is 303 Å². The number of hydrogen-bond donors (Lipinski definition) is 17. The Hall–Kier alpha value is -13.3. The van der Waals surface area contributed by atoms with Gasteiger partial charge in [0.2, 0.25) is 88.6 Å². The lowest BCUT2D eigenvalue weighted by atomic mass is 9.91. The number of aromatic nitrogens is 4. The zero-order valence-corrected chi connectivity index (χ0v) is 75.4. The summed E-state index contributed by atoms with van der Waals surface area (Å²) >= 11 is 0.790. The number of aromatic amines is 3. The quantitative estimate of drug-likeness (QED) is 0.0375. The number of aromatic hydroxyl groups is 1. The molecule has 0 spiro atoms. The molecular weight excluding hydrogens is 1730 g/mol. The van der Waals surface area contributed by atoms with E-state index >= 15 is 38.4 Å². The number of aliphatic carboxylic acids is 2. The lowest BCUT2D eigenvalue weighted by Crippen LogP contribution is -2.60. The molecule has 42 heteroatoms. The van der Waals surface area contributed by atoms with Gasteiger partial charge in [0, 0.05) is 124 Å². The number of imidazole rings is 1. The fourth-order valence-electron chi connectivity index (χ4n) is 17.3. The summed E-state index contributed by atoms with van der Waals surface area (Å²) in [5, 5.41) is 55.9. The molecule has 4 saturated heterocycles. The number of unbranched alkanes of at least 4 members (excludes halogenated alkanes) is 2. The molecule has 712 valence electrons. The highest BCUT2D eigenvalue weighted by molar-refractivity contribution is 8.00. The number of nitrogens with two attached hydrogens (primary N) is 2. The van der Waals surface area contributed by atoms with Crippen LogP contribution in [-0.2, 0) is 112 Å². The van der Waals surface area contributed by atoms with Crippen LogP contribution in [0.25, 0.3) is 21.8 Å². The molecule has 0 bridgehead atoms. The van der Waals surface area contributed by atoms with Crippen LogP contribution in [0, 0.1) is 5.92 Å². The number of nitrogens with zero attached hydrogens (tertiary/aromatic N) is 6. The van der Waals surface area contributed by atoms with E-state index in [2.05, 4.69) is 67.8 Å². The van der Waals surface area contributed by atoms with E-state index in [-0.39, 0.29) is 121 Å². The van der Waals surface area contributed by atoms with Crippen LogP contribution in [0.1, 0.15) is 152 Å². The predicted molar refractivity (Wildman–Crippen MR) is 481 cm³/mol. The maximum atomic E-state index is 15.7. The largest absolute Gasteiger partial charge is 0.508 e. The van der Waals surface area contributed by atoms with Gasteiger partial charge < -0.3 is 114 Å². The number of likely N-dealkylation sites (N-methyl/N-ethyl adjacent to an activating group) is 2. The number of phenolic OH excluding ortho intramolecular Hbond substituents is 1. The van der Waals surface area contributed by atoms with Gasteiger partial charge in [-0.2, -0.15) is 0 Å². The van der Waals surface area contributed by atoms with Crippen molar-refractivity contribution in [2.24, 2.45) is 17.4 Å². The van der Waals surface area contributed by atoms with Crippen LogP contribution in [0.5, 0.6) is 5.75 Å². The van der Waals surface area contributed by atoms with Crippen molar-refractivity contribution in [1.29, 1.82) is 0 Å². The van der Waals surface area contributed by atoms with Crippen molar-refractivity contribution < 1.29 is 102 Å². The minimum Gasteiger partial charge on any atom is -0.508 e. The minimum atomic E-state index is -1.89. The normalized spacial score (nSPS) is 24.9. The van der Waals surface area contributed by atoms with Gasteiger partial charge in [-0.25, -0.2) is 4.98 Å². The van der Waals surface area contributed by atoms with Gasteiger partial charge in [0.25, 0.3) is 0 Å². The molecule has 4 aliphatic rings. The number of H-pyrrole nitrogens is 3. The SMILES string of the molecule is CCCC[C@H]1C(=O)N(C)[C@@H](CCCC)C(=O)N[C@@H](C)C(=O)N[C@H](C(=O)NCC(N)=O)CSCC(=O)N[C@@H](Cc2ccc(O)cc2)C(=O)N2CCC[C@H]2C(=O)N[C@@H](CC(=O)O)C(=O)N2CCC[C@H]2C(=O)N[C@@H](Cc2c[nH]cn2)C(=O)N[C@@H](CCC(=O)O)C(=O)N2CCC[C@H]2C(=O)N[C@@H](Cc2c[nH]c3ccccc23)C(=O)C[C@@H](CCN)C(=O)N[C@@H](Cc2c[nH]c3ccccc23)C(=O)N1C. The smallest absolute Gasteiger partial charge is 0.305 e. The average molecular weight is 1850 g/mol. The van der Waals surface area contributed by atoms with E-state index in [0.717, 1.165) is 26.5 Å². The van der Waals surface area contributed by atoms with Crippen molar-refractivity contribution in [2.45, 2.75) is 234 Å². The first-order chi connectivity index (χ1) is 63.2. The van der Waals surface area contributed by atoms with E-state index in [9.17, 15) is 63.3 Å². The van der Waals surface area contributed by atoms with Gasteiger partial charge in [0.1, 0.15) is 78.3 Å². The number of carboxylic acids is 2. The van der Waals surface area contributed by atoms with Crippen LogP contribution in [0.2, 0.25) is 0 Å². The summed E-state index contributed by atoms with van der Waals surface area (Å²) in [5.41, 5.74) is 14.8. The molecular formula is C90H120N20O21S. The summed E-state index contributed by atoms with van der Waals surface area (Å²) in [7, 11) is 2.78. The first-order valence-electron chi connectivity index (χ1n) is 44.7. The summed E-state index contributed by atoms with van der Waals surface area (Å²) in [4.78, 5) is 281. The molecule has 19 N–H and O–H groups in total. The number of carbonyl (C=O) groups is 18. The number of ketones is 1. The molecule has 6 aromatic rings. The number of phenols is 1. The van der Waals surface area contributed by atoms with E-state index in [1.807, 2.05) is 26.0 Å². The van der Waals surface area contributed by atoms with Crippen molar-refractivity contribution in [3.05, 3.63) is 120 Å². The zero-order chi connectivity index (χ0) is 95.6. The minimum absolute atomic E-state index is 0.0000992. The lowest BCUT2D eigenvalue weighted by Gasteiger charge is -2.36. The Balaban J connectivity index is 1.00. The Bertz CT molecular complexity index is 5160. The standard InChI is InChI=1S/C90H120N20O21S/c1-6-8-21-68-82(123)98-50(3)78(119)105-67(80(121)96-46-74(92)113)47-132-48-75(114)99-64(37-51-26-28-56(111)29-27-51)88(129)109-35-16-25-71(109)85(126)104-66(42-77(117)118)89(130)110-36-15-24-70(110)84(125)102-63(41-55-45-93-49-97-55)81(122)100-61(30-31-76(115)116)87(128)108-34-14-23-69(108)83(124)101-62(38-53-43-94-59-19-12-10-17-57(53)59)73(112)40-52(32-33-91)79(120)103-65(39-54-44-95-60-20-13-11-18-58(54)60)86(127)107(5)72(22-9-7-2)90(131)106(68)4/h10-13,17-20,26-29,43-45,49-50,52,61-72,94-95,111H,6-9,14-16,21-25,30-42,46-48,91H2,1-5H3,(H2,92,113)(H,93,97)(H,96,121)(H,98,123)(H,99,114)(H,100,122)(H,101,124)(H,102,125)(H,103,120)(H,104,126)(H,105,119)(H,115,116)(H,117,118)/t50-,52+,61-,62-,63-,64-,65-,66-,67-,68-,69-,70-,71-,72-/m0/s1. The van der Waals surface area contributed by atoms with Crippen molar-refractivity contribution in [1.82, 2.24) is 92.3 Å². The topological polar surface area (TPSA) is 605 Å². The Morgan fingerprint density at radius 1 is 0.523 bits per heavy atom. The predicted octanol–water partition coefficient (Wildman–Crippen LogP) is -0.134. The summed E-state index contributed by atoms with van der Waals surface area (Å²) in [6, 6.07) is 0.530. The average Bonchev–Trinajstić information content (AvgIpc) is 1.53. The van der Waals surface area contributed by atoms with Crippen LogP contribution in [0.4, 0.5) is 0 Å². The number of primary amides is 1. The molecule has 0 aliphatic carbocycles. The third-order valence-corrected chi connectivity index (χ3v) is 25.5. The van der Waals surface area contributed by atoms with Crippen molar-refractivity contribution in [3.63, 3.8) is 0 Å². The number of carbonyl (C=O) groups excluding carboxylic acids is 16. The van der Waals surface area contributed by atoms with Crippen LogP contribution < -0.4 is 59.3 Å². The third-order valence-electron chi connectivity index (χ3n) is 24.5. The van der Waals surface area contributed by atoms with Crippen molar-refractivity contribution in [3.8, 4) is 5.75 Å². The maximum absolute atomic E-state index is 15.7. The number of benzene rings is 3. The molecule has 41 nitrogen and oxygen atoms in total. The molecule has 0 saturated carbocycles. The molecule has 3 aromatic heterocycles. The molecule has 4 fully saturated rings. The van der Waals surface area contributed by atoms with Crippen molar-refractivity contribution >= 4 is 140 Å². The number of carboxylic acid groups (broad SMARTS) is 2. The maximum Gasteiger partial charge on any atom is 0.305 e. The highest BCUT2D eigenvalue weighted by atomic mass is 32.2. The fourth-order valence-corrected chi connectivity index (χ4v) is 18.1. The second-order valence-electron chi connectivity index (χ2n) is 33.9. The third kappa shape index (κ3) is 27.0. The molecule has 0 radical (unpaired) electrons. The van der Waals surface area contributed by atoms with Crippen LogP contribution >= 0.6 is 11.8 Å². The first-order valence-corrected chi connectivity index (χ1v) is 45.8. The zero-order valence-electron chi connectivity index (χ0n) is 74.6. The number of amides is 15. The molecule has 3 aromatic carbocycles. The number of rotatable bonds is 24. The number of para-hydroxylation sites is 2. The van der Waals surface area contributed by atoms with Gasteiger partial charge in [0.05, 0.1) is 36.8 Å². The Kier molecular flexibility index (Phi) is 36.7. The summed E-state index contributed by atoms with van der Waals surface area (Å²) < 4.78 is 0. The number of fused-ring (bicyclic) bond motifs is 5. The second-order valence-corrected chi connectivity index (χ2v) is 35.0. The summed E-state index contributed by atoms with van der Waals surface area (Å²) in [6.45, 7) is 3.81. The second kappa shape index (κ2) is 48.0. The lowest BCUT2D eigenvalue weighted by molar-refractivity contribution is -0.149. The van der Waals surface area contributed by atoms with Crippen LogP contribution in [0.3, 0.4) is 0 Å². The molecule has 0 unspecified atom stereocenters. The fraction of sp³-hybridized carbons (Fsp3) is 0.522. The molecule has 10 rings (SSSR count). The highest BCUT2D eigenvalue weighted by Crippen LogP contribution is 2.30. The summed E-state index contributed by atoms with van der Waals surface area (Å²) in [6.07, 6.45) is 4.37.